The molecule has 0 saturated heterocycles. The fourth-order valence-corrected chi connectivity index (χ4v) is 2.64. The van der Waals surface area contributed by atoms with Gasteiger partial charge < -0.3 is 5.32 Å². The van der Waals surface area contributed by atoms with Crippen molar-refractivity contribution < 1.29 is 0 Å². The van der Waals surface area contributed by atoms with E-state index in [0.29, 0.717) is 6.04 Å². The molecule has 0 bridgehead atoms. The Morgan fingerprint density at radius 1 is 1.33 bits per heavy atom. The van der Waals surface area contributed by atoms with Crippen LogP contribution in [0.5, 0.6) is 0 Å². The van der Waals surface area contributed by atoms with Crippen molar-refractivity contribution in [2.24, 2.45) is 0 Å². The Kier molecular flexibility index (Phi) is 4.22. The molecule has 0 aliphatic carbocycles. The molecule has 0 radical (unpaired) electrons. The Labute approximate surface area is 96.5 Å². The smallest absolute Gasteiger partial charge is 0.0857 e. The summed E-state index contributed by atoms with van der Waals surface area (Å²) in [5.74, 6) is 0. The molecule has 15 heavy (non-hydrogen) atoms. The first-order chi connectivity index (χ1) is 7.00. The summed E-state index contributed by atoms with van der Waals surface area (Å²) >= 11 is 1.53. The molecule has 3 nitrogen and oxygen atoms in total. The normalized spacial score (nSPS) is 14.2. The Morgan fingerprint density at radius 3 is 2.47 bits per heavy atom. The summed E-state index contributed by atoms with van der Waals surface area (Å²) < 4.78 is 4.09. The van der Waals surface area contributed by atoms with Crippen molar-refractivity contribution in [1.82, 2.24) is 14.9 Å². The summed E-state index contributed by atoms with van der Waals surface area (Å²) in [6.07, 6.45) is 1.08. The Hall–Kier alpha value is -0.480. The van der Waals surface area contributed by atoms with Crippen LogP contribution in [0.25, 0.3) is 0 Å². The minimum Gasteiger partial charge on any atom is -0.309 e. The van der Waals surface area contributed by atoms with Crippen LogP contribution in [0.2, 0.25) is 0 Å². The van der Waals surface area contributed by atoms with E-state index in [-0.39, 0.29) is 5.41 Å². The van der Waals surface area contributed by atoms with E-state index >= 15 is 0 Å². The van der Waals surface area contributed by atoms with E-state index in [1.807, 2.05) is 0 Å². The number of hydrogen-bond donors (Lipinski definition) is 1. The second-order valence-electron chi connectivity index (χ2n) is 4.75. The monoisotopic (exact) mass is 227 g/mol. The van der Waals surface area contributed by atoms with E-state index in [9.17, 15) is 0 Å². The summed E-state index contributed by atoms with van der Waals surface area (Å²) in [6.45, 7) is 11.9. The highest BCUT2D eigenvalue weighted by Gasteiger charge is 2.25. The number of hydrogen-bond acceptors (Lipinski definition) is 4. The van der Waals surface area contributed by atoms with Crippen molar-refractivity contribution in [3.05, 3.63) is 10.6 Å². The summed E-state index contributed by atoms with van der Waals surface area (Å²) in [6, 6.07) is 0.407. The topological polar surface area (TPSA) is 37.8 Å². The highest BCUT2D eigenvalue weighted by molar-refractivity contribution is 7.05. The third-order valence-electron chi connectivity index (χ3n) is 2.40. The average molecular weight is 227 g/mol. The van der Waals surface area contributed by atoms with Gasteiger partial charge >= 0.3 is 0 Å². The van der Waals surface area contributed by atoms with Crippen molar-refractivity contribution in [1.29, 1.82) is 0 Å². The maximum Gasteiger partial charge on any atom is 0.0857 e. The summed E-state index contributed by atoms with van der Waals surface area (Å²) in [7, 11) is 0. The highest BCUT2D eigenvalue weighted by atomic mass is 32.1. The first kappa shape index (κ1) is 12.6. The molecule has 1 atom stereocenters. The van der Waals surface area contributed by atoms with E-state index in [2.05, 4.69) is 49.5 Å². The third-order valence-corrected chi connectivity index (χ3v) is 3.24. The Balaban J connectivity index is 2.97. The Morgan fingerprint density at radius 2 is 2.00 bits per heavy atom. The van der Waals surface area contributed by atoms with Crippen molar-refractivity contribution in [2.75, 3.05) is 6.54 Å². The molecule has 0 aromatic carbocycles. The quantitative estimate of drug-likeness (QED) is 0.859. The largest absolute Gasteiger partial charge is 0.309 e. The SMILES string of the molecule is CCNC(CC)c1snnc1C(C)(C)C. The first-order valence-electron chi connectivity index (χ1n) is 5.56. The van der Waals surface area contributed by atoms with Gasteiger partial charge in [0.1, 0.15) is 0 Å². The van der Waals surface area contributed by atoms with Crippen molar-refractivity contribution in [2.45, 2.75) is 52.5 Å². The van der Waals surface area contributed by atoms with Gasteiger partial charge in [-0.05, 0) is 24.5 Å². The minimum absolute atomic E-state index is 0.0885. The molecular formula is C11H21N3S. The fourth-order valence-electron chi connectivity index (χ4n) is 1.61. The van der Waals surface area contributed by atoms with E-state index in [1.165, 1.54) is 16.4 Å². The summed E-state index contributed by atoms with van der Waals surface area (Å²) in [5.41, 5.74) is 1.23. The van der Waals surface area contributed by atoms with Crippen LogP contribution in [-0.4, -0.2) is 16.1 Å². The highest BCUT2D eigenvalue weighted by Crippen LogP contribution is 2.31. The van der Waals surface area contributed by atoms with Crippen molar-refractivity contribution in [3.8, 4) is 0 Å². The molecule has 4 heteroatoms. The van der Waals surface area contributed by atoms with Gasteiger partial charge in [-0.25, -0.2) is 0 Å². The van der Waals surface area contributed by atoms with Crippen LogP contribution in [0.4, 0.5) is 0 Å². The molecule has 1 N–H and O–H groups in total. The summed E-state index contributed by atoms with van der Waals surface area (Å²) in [5, 5.41) is 7.74. The maximum absolute atomic E-state index is 4.27. The predicted octanol–water partition coefficient (Wildman–Crippen LogP) is 2.90. The van der Waals surface area contributed by atoms with Crippen LogP contribution in [0, 0.1) is 0 Å². The van der Waals surface area contributed by atoms with Crippen LogP contribution in [0.15, 0.2) is 0 Å². The lowest BCUT2D eigenvalue weighted by Gasteiger charge is -2.21. The average Bonchev–Trinajstić information content (AvgIpc) is 2.61. The molecular weight excluding hydrogens is 206 g/mol. The molecule has 0 spiro atoms. The molecule has 0 fully saturated rings. The van der Waals surface area contributed by atoms with Gasteiger partial charge in [0.2, 0.25) is 0 Å². The molecule has 1 rings (SSSR count). The molecule has 1 aromatic rings. The van der Waals surface area contributed by atoms with Gasteiger partial charge in [0.25, 0.3) is 0 Å². The number of rotatable bonds is 4. The Bertz CT molecular complexity index is 301. The second kappa shape index (κ2) is 5.03. The van der Waals surface area contributed by atoms with E-state index < -0.39 is 0 Å². The molecule has 1 unspecified atom stereocenters. The number of nitrogens with one attached hydrogen (secondary N) is 1. The van der Waals surface area contributed by atoms with Crippen LogP contribution >= 0.6 is 11.5 Å². The van der Waals surface area contributed by atoms with Gasteiger partial charge in [-0.1, -0.05) is 39.1 Å². The molecule has 1 heterocycles. The lowest BCUT2D eigenvalue weighted by Crippen LogP contribution is -2.23. The zero-order valence-corrected chi connectivity index (χ0v) is 11.1. The van der Waals surface area contributed by atoms with Gasteiger partial charge in [0.15, 0.2) is 0 Å². The van der Waals surface area contributed by atoms with Crippen LogP contribution in [-0.2, 0) is 5.41 Å². The van der Waals surface area contributed by atoms with Crippen LogP contribution in [0.1, 0.15) is 57.7 Å². The van der Waals surface area contributed by atoms with Crippen LogP contribution in [0.3, 0.4) is 0 Å². The molecule has 0 saturated carbocycles. The lowest BCUT2D eigenvalue weighted by molar-refractivity contribution is 0.508. The van der Waals surface area contributed by atoms with Gasteiger partial charge in [-0.15, -0.1) is 5.10 Å². The van der Waals surface area contributed by atoms with E-state index in [4.69, 9.17) is 0 Å². The van der Waals surface area contributed by atoms with Crippen LogP contribution < -0.4 is 5.32 Å². The molecule has 1 aromatic heterocycles. The zero-order chi connectivity index (χ0) is 11.5. The van der Waals surface area contributed by atoms with Crippen molar-refractivity contribution >= 4 is 11.5 Å². The van der Waals surface area contributed by atoms with E-state index in [0.717, 1.165) is 18.7 Å². The molecule has 0 amide bonds. The predicted molar refractivity (Wildman–Crippen MR) is 65.3 cm³/mol. The van der Waals surface area contributed by atoms with Crippen molar-refractivity contribution in [3.63, 3.8) is 0 Å². The molecule has 0 aliphatic heterocycles. The van der Waals surface area contributed by atoms with Gasteiger partial charge in [-0.2, -0.15) is 0 Å². The minimum atomic E-state index is 0.0885. The third kappa shape index (κ3) is 2.98. The van der Waals surface area contributed by atoms with E-state index in [1.54, 1.807) is 0 Å². The fraction of sp³-hybridized carbons (Fsp3) is 0.818. The van der Waals surface area contributed by atoms with Gasteiger partial charge in [0.05, 0.1) is 10.6 Å². The second-order valence-corrected chi connectivity index (χ2v) is 5.54. The van der Waals surface area contributed by atoms with Gasteiger partial charge in [-0.3, -0.25) is 0 Å². The molecule has 0 aliphatic rings. The standard InChI is InChI=1S/C11H21N3S/c1-6-8(12-7-2)9-10(11(3,4)5)13-14-15-9/h8,12H,6-7H2,1-5H3. The zero-order valence-electron chi connectivity index (χ0n) is 10.3. The van der Waals surface area contributed by atoms with Gasteiger partial charge in [0, 0.05) is 11.5 Å². The number of aromatic nitrogens is 2. The molecule has 86 valence electrons. The first-order valence-corrected chi connectivity index (χ1v) is 6.34. The lowest BCUT2D eigenvalue weighted by atomic mass is 9.89. The summed E-state index contributed by atoms with van der Waals surface area (Å²) in [4.78, 5) is 1.30. The number of nitrogens with zero attached hydrogens (tertiary/aromatic N) is 2. The maximum atomic E-state index is 4.27.